The molecule has 2 heteroatoms. The van der Waals surface area contributed by atoms with Gasteiger partial charge in [-0.1, -0.05) is 41.5 Å². The fourth-order valence-corrected chi connectivity index (χ4v) is 4.44. The van der Waals surface area contributed by atoms with E-state index in [9.17, 15) is 0 Å². The number of methoxy groups -OCH3 is 1. The van der Waals surface area contributed by atoms with E-state index in [0.717, 1.165) is 25.0 Å². The topological polar surface area (TPSA) is 12.5 Å². The maximum absolute atomic E-state index is 5.19. The van der Waals surface area contributed by atoms with Crippen LogP contribution in [0.15, 0.2) is 0 Å². The molecule has 2 nitrogen and oxygen atoms in total. The van der Waals surface area contributed by atoms with Crippen molar-refractivity contribution < 1.29 is 4.74 Å². The molecular weight excluding hydrogens is 234 g/mol. The van der Waals surface area contributed by atoms with Crippen molar-refractivity contribution >= 4 is 0 Å². The SMILES string of the molecule is COCCN1CCC(C(C(C)(C)C)C(C)(C)C)CC1. The number of hydrogen-bond acceptors (Lipinski definition) is 2. The summed E-state index contributed by atoms with van der Waals surface area (Å²) < 4.78 is 5.19. The molecule has 114 valence electrons. The molecule has 0 saturated carbocycles. The van der Waals surface area contributed by atoms with Crippen LogP contribution in [0.4, 0.5) is 0 Å². The molecule has 0 radical (unpaired) electrons. The molecule has 1 saturated heterocycles. The van der Waals surface area contributed by atoms with E-state index in [4.69, 9.17) is 4.74 Å². The van der Waals surface area contributed by atoms with Crippen LogP contribution >= 0.6 is 0 Å². The molecule has 1 fully saturated rings. The Morgan fingerprint density at radius 3 is 1.84 bits per heavy atom. The van der Waals surface area contributed by atoms with Gasteiger partial charge in [0, 0.05) is 13.7 Å². The van der Waals surface area contributed by atoms with Gasteiger partial charge in [-0.3, -0.25) is 0 Å². The van der Waals surface area contributed by atoms with E-state index in [0.29, 0.717) is 10.8 Å². The molecule has 0 unspecified atom stereocenters. The second-order valence-corrected chi connectivity index (χ2v) is 8.38. The number of ether oxygens (including phenoxy) is 1. The second kappa shape index (κ2) is 6.58. The molecule has 0 aromatic carbocycles. The molecule has 0 bridgehead atoms. The Morgan fingerprint density at radius 2 is 1.47 bits per heavy atom. The van der Waals surface area contributed by atoms with Crippen molar-refractivity contribution in [2.24, 2.45) is 22.7 Å². The van der Waals surface area contributed by atoms with Crippen molar-refractivity contribution in [1.29, 1.82) is 0 Å². The van der Waals surface area contributed by atoms with Gasteiger partial charge in [-0.25, -0.2) is 0 Å². The predicted molar refractivity (Wildman–Crippen MR) is 83.4 cm³/mol. The maximum atomic E-state index is 5.19. The first kappa shape index (κ1) is 17.0. The lowest BCUT2D eigenvalue weighted by atomic mass is 9.59. The summed E-state index contributed by atoms with van der Waals surface area (Å²) in [5.41, 5.74) is 0.801. The van der Waals surface area contributed by atoms with Crippen LogP contribution in [0, 0.1) is 22.7 Å². The highest BCUT2D eigenvalue weighted by Gasteiger charge is 2.41. The van der Waals surface area contributed by atoms with Gasteiger partial charge in [0.2, 0.25) is 0 Å². The summed E-state index contributed by atoms with van der Waals surface area (Å²) in [5, 5.41) is 0. The summed E-state index contributed by atoms with van der Waals surface area (Å²) in [5.74, 6) is 1.67. The van der Waals surface area contributed by atoms with Gasteiger partial charge in [-0.05, 0) is 48.6 Å². The lowest BCUT2D eigenvalue weighted by Gasteiger charge is -2.48. The third-order valence-electron chi connectivity index (χ3n) is 4.58. The van der Waals surface area contributed by atoms with E-state index in [1.54, 1.807) is 7.11 Å². The quantitative estimate of drug-likeness (QED) is 0.763. The van der Waals surface area contributed by atoms with Crippen molar-refractivity contribution in [3.05, 3.63) is 0 Å². The average Bonchev–Trinajstić information content (AvgIpc) is 2.24. The zero-order valence-electron chi connectivity index (χ0n) is 14.3. The van der Waals surface area contributed by atoms with Crippen LogP contribution in [0.2, 0.25) is 0 Å². The smallest absolute Gasteiger partial charge is 0.0589 e. The Morgan fingerprint density at radius 1 is 1.00 bits per heavy atom. The van der Waals surface area contributed by atoms with Gasteiger partial charge in [0.25, 0.3) is 0 Å². The van der Waals surface area contributed by atoms with Gasteiger partial charge in [0.1, 0.15) is 0 Å². The molecule has 1 heterocycles. The highest BCUT2D eigenvalue weighted by Crippen LogP contribution is 2.47. The summed E-state index contributed by atoms with van der Waals surface area (Å²) in [7, 11) is 1.79. The standard InChI is InChI=1S/C17H35NO/c1-16(2,3)15(17(4,5)6)14-8-10-18(11-9-14)12-13-19-7/h14-15H,8-13H2,1-7H3. The Kier molecular flexibility index (Phi) is 5.88. The van der Waals surface area contributed by atoms with E-state index in [1.807, 2.05) is 0 Å². The third-order valence-corrected chi connectivity index (χ3v) is 4.58. The van der Waals surface area contributed by atoms with Crippen molar-refractivity contribution in [2.75, 3.05) is 33.4 Å². The Balaban J connectivity index is 2.61. The van der Waals surface area contributed by atoms with Gasteiger partial charge in [0.15, 0.2) is 0 Å². The fraction of sp³-hybridized carbons (Fsp3) is 1.00. The van der Waals surface area contributed by atoms with E-state index in [1.165, 1.54) is 25.9 Å². The van der Waals surface area contributed by atoms with Crippen LogP contribution in [0.5, 0.6) is 0 Å². The van der Waals surface area contributed by atoms with Crippen LogP contribution in [0.3, 0.4) is 0 Å². The third kappa shape index (κ3) is 5.07. The van der Waals surface area contributed by atoms with Crippen LogP contribution in [-0.2, 0) is 4.74 Å². The molecule has 1 aliphatic heterocycles. The minimum absolute atomic E-state index is 0.400. The summed E-state index contributed by atoms with van der Waals surface area (Å²) in [6.45, 7) is 19.0. The van der Waals surface area contributed by atoms with Crippen molar-refractivity contribution in [3.63, 3.8) is 0 Å². The first-order valence-electron chi connectivity index (χ1n) is 7.87. The van der Waals surface area contributed by atoms with E-state index < -0.39 is 0 Å². The molecule has 1 rings (SSSR count). The largest absolute Gasteiger partial charge is 0.383 e. The van der Waals surface area contributed by atoms with E-state index in [2.05, 4.69) is 46.4 Å². The van der Waals surface area contributed by atoms with E-state index in [-0.39, 0.29) is 0 Å². The first-order chi connectivity index (χ1) is 8.66. The van der Waals surface area contributed by atoms with Crippen molar-refractivity contribution in [1.82, 2.24) is 4.90 Å². The zero-order valence-corrected chi connectivity index (χ0v) is 14.3. The molecule has 19 heavy (non-hydrogen) atoms. The molecular formula is C17H35NO. The number of piperidine rings is 1. The molecule has 0 aliphatic carbocycles. The predicted octanol–water partition coefficient (Wildman–Crippen LogP) is 4.05. The van der Waals surface area contributed by atoms with Crippen molar-refractivity contribution in [2.45, 2.75) is 54.4 Å². The number of rotatable bonds is 4. The Bertz CT molecular complexity index is 239. The molecule has 1 aliphatic rings. The molecule has 0 spiro atoms. The summed E-state index contributed by atoms with van der Waals surface area (Å²) in [4.78, 5) is 2.56. The van der Waals surface area contributed by atoms with Crippen LogP contribution in [0.1, 0.15) is 54.4 Å². The average molecular weight is 269 g/mol. The maximum Gasteiger partial charge on any atom is 0.0589 e. The minimum Gasteiger partial charge on any atom is -0.383 e. The van der Waals surface area contributed by atoms with Gasteiger partial charge in [-0.2, -0.15) is 0 Å². The first-order valence-corrected chi connectivity index (χ1v) is 7.87. The van der Waals surface area contributed by atoms with Crippen LogP contribution in [-0.4, -0.2) is 38.3 Å². The zero-order chi connectivity index (χ0) is 14.7. The molecule has 0 N–H and O–H groups in total. The lowest BCUT2D eigenvalue weighted by Crippen LogP contribution is -2.44. The number of hydrogen-bond donors (Lipinski definition) is 0. The lowest BCUT2D eigenvalue weighted by molar-refractivity contribution is 0.00630. The van der Waals surface area contributed by atoms with E-state index >= 15 is 0 Å². The number of likely N-dealkylation sites (tertiary alicyclic amines) is 1. The number of nitrogens with zero attached hydrogens (tertiary/aromatic N) is 1. The summed E-state index contributed by atoms with van der Waals surface area (Å²) >= 11 is 0. The summed E-state index contributed by atoms with van der Waals surface area (Å²) in [6, 6.07) is 0. The molecule has 0 amide bonds. The van der Waals surface area contributed by atoms with Gasteiger partial charge in [-0.15, -0.1) is 0 Å². The minimum atomic E-state index is 0.400. The molecule has 0 aromatic heterocycles. The van der Waals surface area contributed by atoms with Crippen LogP contribution < -0.4 is 0 Å². The summed E-state index contributed by atoms with van der Waals surface area (Å²) in [6.07, 6.45) is 2.70. The van der Waals surface area contributed by atoms with Crippen molar-refractivity contribution in [3.8, 4) is 0 Å². The normalized spacial score (nSPS) is 20.2. The highest BCUT2D eigenvalue weighted by atomic mass is 16.5. The monoisotopic (exact) mass is 269 g/mol. The van der Waals surface area contributed by atoms with Crippen LogP contribution in [0.25, 0.3) is 0 Å². The van der Waals surface area contributed by atoms with Gasteiger partial charge < -0.3 is 9.64 Å². The Hall–Kier alpha value is -0.0800. The van der Waals surface area contributed by atoms with Gasteiger partial charge >= 0.3 is 0 Å². The highest BCUT2D eigenvalue weighted by molar-refractivity contribution is 4.91. The van der Waals surface area contributed by atoms with Gasteiger partial charge in [0.05, 0.1) is 6.61 Å². The Labute approximate surface area is 120 Å². The fourth-order valence-electron chi connectivity index (χ4n) is 4.44. The second-order valence-electron chi connectivity index (χ2n) is 8.38. The molecule has 0 atom stereocenters. The molecule has 0 aromatic rings.